The van der Waals surface area contributed by atoms with Crippen LogP contribution in [0.3, 0.4) is 0 Å². The summed E-state index contributed by atoms with van der Waals surface area (Å²) in [4.78, 5) is 16.3. The third-order valence-electron chi connectivity index (χ3n) is 3.34. The number of amides is 1. The maximum atomic E-state index is 12.5. The summed E-state index contributed by atoms with van der Waals surface area (Å²) in [7, 11) is 0. The molecule has 132 valence electrons. The van der Waals surface area contributed by atoms with Crippen molar-refractivity contribution in [3.63, 3.8) is 0 Å². The molecule has 0 atom stereocenters. The molecule has 26 heavy (non-hydrogen) atoms. The third kappa shape index (κ3) is 4.73. The highest BCUT2D eigenvalue weighted by molar-refractivity contribution is 7.14. The van der Waals surface area contributed by atoms with E-state index in [0.717, 1.165) is 5.56 Å². The molecular weight excluding hydrogens is 358 g/mol. The lowest BCUT2D eigenvalue weighted by atomic mass is 10.1. The van der Waals surface area contributed by atoms with Gasteiger partial charge < -0.3 is 4.74 Å². The fraction of sp³-hybridized carbons (Fsp3) is 0.0526. The largest absolute Gasteiger partial charge is 0.434 e. The zero-order chi connectivity index (χ0) is 18.4. The fourth-order valence-electron chi connectivity index (χ4n) is 2.21. The number of nitrogens with one attached hydrogen (secondary N) is 1. The number of carbonyl (C=O) groups is 1. The highest BCUT2D eigenvalue weighted by Gasteiger charge is 2.13. The molecule has 1 amide bonds. The molecule has 3 aromatic rings. The van der Waals surface area contributed by atoms with Crippen LogP contribution >= 0.6 is 11.3 Å². The summed E-state index contributed by atoms with van der Waals surface area (Å²) in [6, 6.07) is 15.8. The Bertz CT molecular complexity index is 911. The third-order valence-corrected chi connectivity index (χ3v) is 4.10. The van der Waals surface area contributed by atoms with Gasteiger partial charge in [-0.25, -0.2) is 4.98 Å². The monoisotopic (exact) mass is 372 g/mol. The van der Waals surface area contributed by atoms with E-state index >= 15 is 0 Å². The molecule has 3 rings (SSSR count). The average Bonchev–Trinajstić information content (AvgIpc) is 3.09. The number of hydrogen-bond donors (Lipinski definition) is 1. The van der Waals surface area contributed by atoms with E-state index in [2.05, 4.69) is 15.0 Å². The molecular formula is C19H14F2N2O2S. The van der Waals surface area contributed by atoms with E-state index in [1.165, 1.54) is 23.5 Å². The van der Waals surface area contributed by atoms with Crippen molar-refractivity contribution >= 4 is 28.5 Å². The molecule has 1 N–H and O–H groups in total. The number of benzene rings is 2. The van der Waals surface area contributed by atoms with Gasteiger partial charge in [-0.05, 0) is 23.8 Å². The molecule has 0 saturated carbocycles. The second kappa shape index (κ2) is 8.35. The van der Waals surface area contributed by atoms with Gasteiger partial charge in [-0.2, -0.15) is 8.78 Å². The van der Waals surface area contributed by atoms with Crippen molar-refractivity contribution in [2.75, 3.05) is 5.32 Å². The number of alkyl halides is 2. The zero-order valence-corrected chi connectivity index (χ0v) is 14.2. The van der Waals surface area contributed by atoms with Crippen molar-refractivity contribution in [2.45, 2.75) is 6.61 Å². The van der Waals surface area contributed by atoms with Gasteiger partial charge in [0.25, 0.3) is 0 Å². The lowest BCUT2D eigenvalue weighted by molar-refractivity contribution is -0.111. The van der Waals surface area contributed by atoms with Gasteiger partial charge in [0, 0.05) is 17.0 Å². The van der Waals surface area contributed by atoms with E-state index in [-0.39, 0.29) is 11.7 Å². The van der Waals surface area contributed by atoms with Crippen molar-refractivity contribution in [3.8, 4) is 17.0 Å². The number of nitrogens with zero attached hydrogens (tertiary/aromatic N) is 1. The Morgan fingerprint density at radius 1 is 1.12 bits per heavy atom. The Morgan fingerprint density at radius 3 is 2.62 bits per heavy atom. The molecule has 0 radical (unpaired) electrons. The summed E-state index contributed by atoms with van der Waals surface area (Å²) < 4.78 is 29.5. The molecule has 0 fully saturated rings. The molecule has 0 bridgehead atoms. The van der Waals surface area contributed by atoms with E-state index in [0.29, 0.717) is 16.4 Å². The van der Waals surface area contributed by atoms with Crippen molar-refractivity contribution in [1.29, 1.82) is 0 Å². The maximum absolute atomic E-state index is 12.5. The lowest BCUT2D eigenvalue weighted by Gasteiger charge is -2.08. The van der Waals surface area contributed by atoms with E-state index in [1.54, 1.807) is 29.7 Å². The predicted octanol–water partition coefficient (Wildman–Crippen LogP) is 5.06. The number of anilines is 1. The minimum atomic E-state index is -2.92. The molecule has 0 unspecified atom stereocenters. The van der Waals surface area contributed by atoms with Crippen LogP contribution in [-0.2, 0) is 4.79 Å². The van der Waals surface area contributed by atoms with Crippen LogP contribution in [0.25, 0.3) is 17.3 Å². The summed E-state index contributed by atoms with van der Waals surface area (Å²) >= 11 is 1.20. The zero-order valence-electron chi connectivity index (χ0n) is 13.4. The van der Waals surface area contributed by atoms with Gasteiger partial charge in [0.15, 0.2) is 5.13 Å². The number of para-hydroxylation sites is 1. The number of hydrogen-bond acceptors (Lipinski definition) is 4. The number of rotatable bonds is 6. The standard InChI is InChI=1S/C19H14F2N2O2S/c20-18(21)25-16-9-5-4-8-14(16)15-12-26-19(22-15)23-17(24)11-10-13-6-2-1-3-7-13/h1-12,18H,(H,22,23,24)/b11-10+. The molecule has 0 spiro atoms. The number of aromatic nitrogens is 1. The second-order valence-corrected chi connectivity index (χ2v) is 6.00. The molecule has 1 heterocycles. The van der Waals surface area contributed by atoms with Gasteiger partial charge in [0.2, 0.25) is 5.91 Å². The van der Waals surface area contributed by atoms with Gasteiger partial charge in [0.1, 0.15) is 5.75 Å². The molecule has 0 aliphatic heterocycles. The summed E-state index contributed by atoms with van der Waals surface area (Å²) in [6.07, 6.45) is 3.10. The Morgan fingerprint density at radius 2 is 1.85 bits per heavy atom. The van der Waals surface area contributed by atoms with Crippen LogP contribution in [0.2, 0.25) is 0 Å². The Hall–Kier alpha value is -3.06. The Labute approximate surface area is 152 Å². The molecule has 7 heteroatoms. The number of carbonyl (C=O) groups excluding carboxylic acids is 1. The highest BCUT2D eigenvalue weighted by atomic mass is 32.1. The summed E-state index contributed by atoms with van der Waals surface area (Å²) in [5.41, 5.74) is 1.79. The van der Waals surface area contributed by atoms with E-state index in [1.807, 2.05) is 30.3 Å². The first-order chi connectivity index (χ1) is 12.6. The van der Waals surface area contributed by atoms with Crippen LogP contribution in [0.5, 0.6) is 5.75 Å². The van der Waals surface area contributed by atoms with E-state index < -0.39 is 6.61 Å². The molecule has 1 aromatic heterocycles. The number of ether oxygens (including phenoxy) is 1. The molecule has 2 aromatic carbocycles. The summed E-state index contributed by atoms with van der Waals surface area (Å²) in [5, 5.41) is 4.70. The quantitative estimate of drug-likeness (QED) is 0.615. The minimum Gasteiger partial charge on any atom is -0.434 e. The van der Waals surface area contributed by atoms with E-state index in [4.69, 9.17) is 0 Å². The first-order valence-corrected chi connectivity index (χ1v) is 8.53. The number of halogens is 2. The Balaban J connectivity index is 1.71. The van der Waals surface area contributed by atoms with Crippen LogP contribution in [0.4, 0.5) is 13.9 Å². The van der Waals surface area contributed by atoms with Crippen molar-refractivity contribution in [2.24, 2.45) is 0 Å². The van der Waals surface area contributed by atoms with Gasteiger partial charge in [-0.15, -0.1) is 11.3 Å². The average molecular weight is 372 g/mol. The first-order valence-electron chi connectivity index (χ1n) is 7.65. The van der Waals surface area contributed by atoms with Gasteiger partial charge in [-0.1, -0.05) is 42.5 Å². The first kappa shape index (κ1) is 17.8. The van der Waals surface area contributed by atoms with Crippen LogP contribution in [0.15, 0.2) is 66.1 Å². The van der Waals surface area contributed by atoms with Crippen molar-refractivity contribution in [3.05, 3.63) is 71.6 Å². The second-order valence-electron chi connectivity index (χ2n) is 5.15. The summed E-state index contributed by atoms with van der Waals surface area (Å²) in [6.45, 7) is -2.92. The highest BCUT2D eigenvalue weighted by Crippen LogP contribution is 2.32. The number of thiazole rings is 1. The normalized spacial score (nSPS) is 11.0. The smallest absolute Gasteiger partial charge is 0.387 e. The maximum Gasteiger partial charge on any atom is 0.387 e. The topological polar surface area (TPSA) is 51.2 Å². The van der Waals surface area contributed by atoms with Crippen molar-refractivity contribution in [1.82, 2.24) is 4.98 Å². The SMILES string of the molecule is O=C(/C=C/c1ccccc1)Nc1nc(-c2ccccc2OC(F)F)cs1. The Kier molecular flexibility index (Phi) is 5.70. The molecule has 0 saturated heterocycles. The molecule has 0 aliphatic carbocycles. The molecule has 0 aliphatic rings. The van der Waals surface area contributed by atoms with Gasteiger partial charge >= 0.3 is 6.61 Å². The van der Waals surface area contributed by atoms with Gasteiger partial charge in [-0.3, -0.25) is 10.1 Å². The van der Waals surface area contributed by atoms with Crippen LogP contribution in [0.1, 0.15) is 5.56 Å². The molecule has 4 nitrogen and oxygen atoms in total. The van der Waals surface area contributed by atoms with Crippen LogP contribution in [0, 0.1) is 0 Å². The van der Waals surface area contributed by atoms with E-state index in [9.17, 15) is 13.6 Å². The predicted molar refractivity (Wildman–Crippen MR) is 98.3 cm³/mol. The fourth-order valence-corrected chi connectivity index (χ4v) is 2.93. The lowest BCUT2D eigenvalue weighted by Crippen LogP contribution is -2.07. The minimum absolute atomic E-state index is 0.0367. The van der Waals surface area contributed by atoms with Crippen LogP contribution in [-0.4, -0.2) is 17.5 Å². The van der Waals surface area contributed by atoms with Gasteiger partial charge in [0.05, 0.1) is 5.69 Å². The van der Waals surface area contributed by atoms with Crippen LogP contribution < -0.4 is 10.1 Å². The summed E-state index contributed by atoms with van der Waals surface area (Å²) in [5.74, 6) is -0.290. The van der Waals surface area contributed by atoms with Crippen molar-refractivity contribution < 1.29 is 18.3 Å².